The van der Waals surface area contributed by atoms with Gasteiger partial charge < -0.3 is 10.5 Å². The Labute approximate surface area is 98.9 Å². The van der Waals surface area contributed by atoms with Crippen LogP contribution >= 0.6 is 0 Å². The van der Waals surface area contributed by atoms with Gasteiger partial charge in [-0.15, -0.1) is 0 Å². The first-order chi connectivity index (χ1) is 8.02. The van der Waals surface area contributed by atoms with E-state index in [9.17, 15) is 9.59 Å². The largest absolute Gasteiger partial charge is 0.427 e. The van der Waals surface area contributed by atoms with Crippen molar-refractivity contribution in [1.82, 2.24) is 5.43 Å². The molecular formula is C11H15N3O3. The van der Waals surface area contributed by atoms with Crippen molar-refractivity contribution < 1.29 is 14.3 Å². The molecule has 0 unspecified atom stereocenters. The predicted molar refractivity (Wildman–Crippen MR) is 61.8 cm³/mol. The van der Waals surface area contributed by atoms with Crippen LogP contribution in [0.25, 0.3) is 0 Å². The van der Waals surface area contributed by atoms with E-state index < -0.39 is 11.9 Å². The van der Waals surface area contributed by atoms with Crippen LogP contribution in [0.5, 0.6) is 5.75 Å². The Balaban J connectivity index is 2.62. The Morgan fingerprint density at radius 2 is 1.94 bits per heavy atom. The first-order valence-electron chi connectivity index (χ1n) is 5.06. The minimum Gasteiger partial charge on any atom is -0.427 e. The van der Waals surface area contributed by atoms with E-state index in [0.29, 0.717) is 12.2 Å². The lowest BCUT2D eigenvalue weighted by Gasteiger charge is -2.10. The second kappa shape index (κ2) is 5.97. The van der Waals surface area contributed by atoms with Crippen LogP contribution in [0.2, 0.25) is 0 Å². The molecule has 6 heteroatoms. The SMILES string of the molecule is CC(=O)Oc1ccc(C[C@H](N)C(=O)NN)cc1. The van der Waals surface area contributed by atoms with Gasteiger partial charge in [-0.3, -0.25) is 15.0 Å². The van der Waals surface area contributed by atoms with Crippen LogP contribution in [-0.2, 0) is 16.0 Å². The summed E-state index contributed by atoms with van der Waals surface area (Å²) < 4.78 is 4.87. The summed E-state index contributed by atoms with van der Waals surface area (Å²) in [5.74, 6) is 4.63. The molecule has 0 aliphatic carbocycles. The maximum Gasteiger partial charge on any atom is 0.308 e. The van der Waals surface area contributed by atoms with Gasteiger partial charge in [0.15, 0.2) is 0 Å². The van der Waals surface area contributed by atoms with Crippen molar-refractivity contribution in [2.45, 2.75) is 19.4 Å². The van der Waals surface area contributed by atoms with E-state index in [1.54, 1.807) is 24.3 Å². The number of carbonyl (C=O) groups excluding carboxylic acids is 2. The van der Waals surface area contributed by atoms with E-state index in [-0.39, 0.29) is 5.97 Å². The molecule has 0 fully saturated rings. The van der Waals surface area contributed by atoms with Gasteiger partial charge in [0.25, 0.3) is 5.91 Å². The topological polar surface area (TPSA) is 107 Å². The average Bonchev–Trinajstić information content (AvgIpc) is 2.30. The number of nitrogens with two attached hydrogens (primary N) is 2. The smallest absolute Gasteiger partial charge is 0.308 e. The summed E-state index contributed by atoms with van der Waals surface area (Å²) in [7, 11) is 0. The molecule has 6 nitrogen and oxygen atoms in total. The van der Waals surface area contributed by atoms with Crippen LogP contribution < -0.4 is 21.7 Å². The highest BCUT2D eigenvalue weighted by molar-refractivity contribution is 5.81. The highest BCUT2D eigenvalue weighted by Gasteiger charge is 2.12. The number of hydrogen-bond acceptors (Lipinski definition) is 5. The second-order valence-corrected chi connectivity index (χ2v) is 3.56. The lowest BCUT2D eigenvalue weighted by Crippen LogP contribution is -2.45. The van der Waals surface area contributed by atoms with E-state index in [0.717, 1.165) is 5.56 Å². The molecule has 1 aromatic rings. The highest BCUT2D eigenvalue weighted by atomic mass is 16.5. The molecule has 1 amide bonds. The van der Waals surface area contributed by atoms with Gasteiger partial charge in [-0.25, -0.2) is 5.84 Å². The van der Waals surface area contributed by atoms with Gasteiger partial charge in [-0.05, 0) is 24.1 Å². The molecule has 0 saturated carbocycles. The van der Waals surface area contributed by atoms with E-state index >= 15 is 0 Å². The van der Waals surface area contributed by atoms with Crippen LogP contribution in [-0.4, -0.2) is 17.9 Å². The van der Waals surface area contributed by atoms with E-state index in [4.69, 9.17) is 16.3 Å². The molecule has 1 rings (SSSR count). The van der Waals surface area contributed by atoms with E-state index in [1.807, 2.05) is 5.43 Å². The summed E-state index contributed by atoms with van der Waals surface area (Å²) in [5.41, 5.74) is 8.45. The minimum atomic E-state index is -0.695. The summed E-state index contributed by atoms with van der Waals surface area (Å²) in [6, 6.07) is 6.07. The van der Waals surface area contributed by atoms with Crippen molar-refractivity contribution in [2.24, 2.45) is 11.6 Å². The summed E-state index contributed by atoms with van der Waals surface area (Å²) in [6.45, 7) is 1.33. The molecule has 0 aromatic heterocycles. The monoisotopic (exact) mass is 237 g/mol. The zero-order chi connectivity index (χ0) is 12.8. The van der Waals surface area contributed by atoms with Gasteiger partial charge >= 0.3 is 5.97 Å². The number of rotatable bonds is 4. The first kappa shape index (κ1) is 13.1. The van der Waals surface area contributed by atoms with Crippen LogP contribution in [0, 0.1) is 0 Å². The molecule has 5 N–H and O–H groups in total. The summed E-state index contributed by atoms with van der Waals surface area (Å²) in [5, 5.41) is 0. The number of carbonyl (C=O) groups is 2. The molecule has 0 bridgehead atoms. The Bertz CT molecular complexity index is 403. The van der Waals surface area contributed by atoms with Crippen LogP contribution in [0.15, 0.2) is 24.3 Å². The maximum atomic E-state index is 11.1. The van der Waals surface area contributed by atoms with Gasteiger partial charge in [0.05, 0.1) is 6.04 Å². The van der Waals surface area contributed by atoms with Crippen molar-refractivity contribution in [2.75, 3.05) is 0 Å². The molecule has 17 heavy (non-hydrogen) atoms. The van der Waals surface area contributed by atoms with Gasteiger partial charge in [0.1, 0.15) is 5.75 Å². The Morgan fingerprint density at radius 1 is 1.35 bits per heavy atom. The van der Waals surface area contributed by atoms with Gasteiger partial charge in [0.2, 0.25) is 0 Å². The fraction of sp³-hybridized carbons (Fsp3) is 0.273. The number of hydrogen-bond donors (Lipinski definition) is 3. The van der Waals surface area contributed by atoms with Gasteiger partial charge in [-0.1, -0.05) is 12.1 Å². The van der Waals surface area contributed by atoms with E-state index in [2.05, 4.69) is 0 Å². The van der Waals surface area contributed by atoms with Crippen molar-refractivity contribution in [3.63, 3.8) is 0 Å². The number of esters is 1. The Kier molecular flexibility index (Phi) is 4.62. The molecule has 0 aliphatic rings. The quantitative estimate of drug-likeness (QED) is 0.214. The zero-order valence-corrected chi connectivity index (χ0v) is 9.47. The van der Waals surface area contributed by atoms with Crippen LogP contribution in [0.3, 0.4) is 0 Å². The third-order valence-corrected chi connectivity index (χ3v) is 2.12. The molecular weight excluding hydrogens is 222 g/mol. The van der Waals surface area contributed by atoms with Gasteiger partial charge in [-0.2, -0.15) is 0 Å². The summed E-state index contributed by atoms with van der Waals surface area (Å²) >= 11 is 0. The summed E-state index contributed by atoms with van der Waals surface area (Å²) in [6.07, 6.45) is 0.364. The number of amides is 1. The molecule has 0 saturated heterocycles. The standard InChI is InChI=1S/C11H15N3O3/c1-7(15)17-9-4-2-8(3-5-9)6-10(12)11(16)14-13/h2-5,10H,6,12-13H2,1H3,(H,14,16)/t10-/m0/s1. The molecule has 1 atom stereocenters. The van der Waals surface area contributed by atoms with Crippen LogP contribution in [0.4, 0.5) is 0 Å². The second-order valence-electron chi connectivity index (χ2n) is 3.56. The Morgan fingerprint density at radius 3 is 2.41 bits per heavy atom. The number of nitrogens with one attached hydrogen (secondary N) is 1. The van der Waals surface area contributed by atoms with E-state index in [1.165, 1.54) is 6.92 Å². The molecule has 1 aromatic carbocycles. The fourth-order valence-corrected chi connectivity index (χ4v) is 1.31. The predicted octanol–water partition coefficient (Wildman–Crippen LogP) is -0.528. The number of benzene rings is 1. The molecule has 0 aliphatic heterocycles. The van der Waals surface area contributed by atoms with Crippen molar-refractivity contribution in [3.8, 4) is 5.75 Å². The van der Waals surface area contributed by atoms with Crippen molar-refractivity contribution >= 4 is 11.9 Å². The van der Waals surface area contributed by atoms with Crippen molar-refractivity contribution in [3.05, 3.63) is 29.8 Å². The minimum absolute atomic E-state index is 0.364. The Hall–Kier alpha value is -1.92. The summed E-state index contributed by atoms with van der Waals surface area (Å²) in [4.78, 5) is 21.8. The lowest BCUT2D eigenvalue weighted by molar-refractivity contribution is -0.131. The maximum absolute atomic E-state index is 11.1. The molecule has 0 radical (unpaired) electrons. The molecule has 0 heterocycles. The molecule has 92 valence electrons. The first-order valence-corrected chi connectivity index (χ1v) is 5.06. The van der Waals surface area contributed by atoms with Crippen LogP contribution in [0.1, 0.15) is 12.5 Å². The average molecular weight is 237 g/mol. The molecule has 0 spiro atoms. The lowest BCUT2D eigenvalue weighted by atomic mass is 10.1. The number of ether oxygens (including phenoxy) is 1. The normalized spacial score (nSPS) is 11.7. The third kappa shape index (κ3) is 4.21. The number of hydrazine groups is 1. The van der Waals surface area contributed by atoms with Gasteiger partial charge in [0, 0.05) is 6.92 Å². The third-order valence-electron chi connectivity index (χ3n) is 2.12. The van der Waals surface area contributed by atoms with Crippen molar-refractivity contribution in [1.29, 1.82) is 0 Å². The highest BCUT2D eigenvalue weighted by Crippen LogP contribution is 2.13. The fourth-order valence-electron chi connectivity index (χ4n) is 1.31. The zero-order valence-electron chi connectivity index (χ0n) is 9.47.